The standard InChI is InChI=1S/C30H23N3O3.C28H25N3O3.C27H23N3O3.C26H21N3O3/c34-23-10-7-20(8-11-23)28-30(31-26-14-9-22-17-24(35)12-13-25(22)29(26)33-28)32-27(36)16-18-5-6-19-3-1-2-4-21(19)15-18;32-21-12-9-19(10-13-21)26-28(30-25(34)8-4-7-18-5-2-1-3-6-18)29-24-16-11-20-17-22(33)14-15-23(20)27(24)31-26;31-20-10-7-18(8-11-20)25-27(29-24(33)15-6-17-4-2-1-3-5-17)28-23-14-9-19-16-21(32)12-13-22(19)26(23)30-25;30-19-9-6-17(7-10-19)24-26(28-23(32)14-16-4-2-1-3-5-16)27-22-13-8-18-15-20(31)11-12-21(18)25(22)29-24/h1-8,10-13,15,17,34-35H,9,14,16H2,(H,31,32,36);1-3,5-6,9-10,12-15,17,32-33H,4,7-8,11,16H2,(H,29,30,34);1-5,7-8,10-13,16,31-32H,6,9,14-15H2,(H,28,29,33);1-7,9-12,15,30-31H,8,13-14H2,(H,27,28,32). The highest BCUT2D eigenvalue weighted by Gasteiger charge is 2.30. The van der Waals surface area contributed by atoms with E-state index in [0.29, 0.717) is 91.0 Å². The number of phenolic OH excluding ortho intramolecular Hbond substituents is 8. The van der Waals surface area contributed by atoms with Crippen LogP contribution in [0.25, 0.3) is 101 Å². The number of benzene rings is 13. The maximum absolute atomic E-state index is 13.1. The second-order valence-electron chi connectivity index (χ2n) is 33.5. The summed E-state index contributed by atoms with van der Waals surface area (Å²) in [4.78, 5) is 90.4. The van der Waals surface area contributed by atoms with Crippen LogP contribution >= 0.6 is 0 Å². The number of nitrogens with one attached hydrogen (secondary N) is 4. The molecule has 4 aromatic heterocycles. The van der Waals surface area contributed by atoms with Gasteiger partial charge in [0, 0.05) is 57.3 Å². The van der Waals surface area contributed by atoms with Crippen molar-refractivity contribution in [3.8, 4) is 136 Å². The Morgan fingerprint density at radius 1 is 0.230 bits per heavy atom. The van der Waals surface area contributed by atoms with Gasteiger partial charge in [0.15, 0.2) is 23.3 Å². The van der Waals surface area contributed by atoms with Crippen LogP contribution in [-0.4, -0.2) is 104 Å². The number of aromatic hydroxyl groups is 8. The number of nitrogens with zero attached hydrogens (tertiary/aromatic N) is 8. The van der Waals surface area contributed by atoms with Gasteiger partial charge in [-0.1, -0.05) is 133 Å². The van der Waals surface area contributed by atoms with Crippen LogP contribution in [0.3, 0.4) is 0 Å². The first-order chi connectivity index (χ1) is 65.7. The summed E-state index contributed by atoms with van der Waals surface area (Å²) in [6.45, 7) is 0. The van der Waals surface area contributed by atoms with Crippen molar-refractivity contribution in [2.45, 2.75) is 96.3 Å². The molecule has 17 aromatic rings. The first kappa shape index (κ1) is 88.4. The summed E-state index contributed by atoms with van der Waals surface area (Å²) in [5.74, 6) is 2.56. The maximum Gasteiger partial charge on any atom is 0.230 e. The molecule has 4 heterocycles. The lowest BCUT2D eigenvalue weighted by Gasteiger charge is -2.21. The minimum absolute atomic E-state index is 0.105. The molecule has 12 N–H and O–H groups in total. The van der Waals surface area contributed by atoms with Gasteiger partial charge in [0.25, 0.3) is 0 Å². The molecule has 0 radical (unpaired) electrons. The minimum atomic E-state index is -0.180. The van der Waals surface area contributed by atoms with Gasteiger partial charge < -0.3 is 62.1 Å². The third-order valence-electron chi connectivity index (χ3n) is 23.9. The molecule has 24 heteroatoms. The number of fused-ring (bicyclic) bond motifs is 13. The molecule has 0 saturated heterocycles. The molecule has 668 valence electrons. The third kappa shape index (κ3) is 21.1. The summed E-state index contributed by atoms with van der Waals surface area (Å²) < 4.78 is 0. The molecule has 0 bridgehead atoms. The van der Waals surface area contributed by atoms with Gasteiger partial charge in [0.05, 0.1) is 58.4 Å². The number of amides is 4. The molecule has 0 saturated carbocycles. The minimum Gasteiger partial charge on any atom is -0.508 e. The topological polar surface area (TPSA) is 381 Å². The van der Waals surface area contributed by atoms with Crippen molar-refractivity contribution in [3.05, 3.63) is 371 Å². The van der Waals surface area contributed by atoms with Crippen LogP contribution < -0.4 is 21.3 Å². The van der Waals surface area contributed by atoms with Crippen molar-refractivity contribution in [1.29, 1.82) is 0 Å². The second-order valence-corrected chi connectivity index (χ2v) is 33.5. The number of carbonyl (C=O) groups excluding carboxylic acids is 4. The molecule has 21 rings (SSSR count). The predicted octanol–water partition coefficient (Wildman–Crippen LogP) is 20.3. The average molecular weight is 1790 g/mol. The number of anilines is 4. The molecular weight excluding hydrogens is 1690 g/mol. The Morgan fingerprint density at radius 2 is 0.511 bits per heavy atom. The molecule has 4 aliphatic rings. The van der Waals surface area contributed by atoms with Crippen LogP contribution in [0, 0.1) is 0 Å². The number of rotatable bonds is 19. The number of phenols is 8. The van der Waals surface area contributed by atoms with Crippen molar-refractivity contribution in [1.82, 2.24) is 39.9 Å². The van der Waals surface area contributed by atoms with E-state index in [4.69, 9.17) is 39.9 Å². The lowest BCUT2D eigenvalue weighted by molar-refractivity contribution is -0.117. The SMILES string of the molecule is O=C(CCCc1ccccc1)Nc1nc2c(nc1-c1ccc(O)cc1)-c1ccc(O)cc1CC2.O=C(CCc1ccccc1)Nc1nc2c(nc1-c1ccc(O)cc1)-c1ccc(O)cc1CC2.O=C(Cc1ccc2ccccc2c1)Nc1nc2c(nc1-c1ccc(O)cc1)-c1ccc(O)cc1CC2.O=C(Cc1ccccc1)Nc1nc2c(nc1-c1ccc(O)cc1)-c1ccc(O)cc1CC2. The number of hydrogen-bond donors (Lipinski definition) is 12. The van der Waals surface area contributed by atoms with Crippen LogP contribution in [0.4, 0.5) is 23.3 Å². The van der Waals surface area contributed by atoms with Gasteiger partial charge >= 0.3 is 0 Å². The molecular formula is C111H92N12O12. The average Bonchev–Trinajstić information content (AvgIpc) is 0.775. The molecule has 0 fully saturated rings. The largest absolute Gasteiger partial charge is 0.508 e. The first-order valence-electron chi connectivity index (χ1n) is 44.6. The van der Waals surface area contributed by atoms with E-state index in [1.165, 1.54) is 5.56 Å². The van der Waals surface area contributed by atoms with E-state index in [-0.39, 0.29) is 82.5 Å². The first-order valence-corrected chi connectivity index (χ1v) is 44.6. The number of aryl methyl sites for hydroxylation is 10. The van der Waals surface area contributed by atoms with E-state index in [0.717, 1.165) is 178 Å². The highest BCUT2D eigenvalue weighted by molar-refractivity contribution is 5.99. The Labute approximate surface area is 777 Å². The highest BCUT2D eigenvalue weighted by atomic mass is 16.3. The Balaban J connectivity index is 0.000000120. The van der Waals surface area contributed by atoms with E-state index < -0.39 is 0 Å². The Hall–Kier alpha value is -17.3. The fraction of sp³-hybridized carbons (Fsp3) is 0.135. The highest BCUT2D eigenvalue weighted by Crippen LogP contribution is 2.44. The zero-order valence-corrected chi connectivity index (χ0v) is 73.3. The third-order valence-corrected chi connectivity index (χ3v) is 23.9. The molecule has 0 atom stereocenters. The summed E-state index contributed by atoms with van der Waals surface area (Å²) in [6.07, 6.45) is 8.97. The second kappa shape index (κ2) is 40.0. The molecule has 24 nitrogen and oxygen atoms in total. The monoisotopic (exact) mass is 1780 g/mol. The van der Waals surface area contributed by atoms with E-state index in [9.17, 15) is 60.0 Å². The van der Waals surface area contributed by atoms with E-state index in [1.807, 2.05) is 146 Å². The van der Waals surface area contributed by atoms with E-state index >= 15 is 0 Å². The van der Waals surface area contributed by atoms with Crippen molar-refractivity contribution in [3.63, 3.8) is 0 Å². The fourth-order valence-corrected chi connectivity index (χ4v) is 17.2. The summed E-state index contributed by atoms with van der Waals surface area (Å²) in [5, 5.41) is 92.5. The molecule has 13 aromatic carbocycles. The lowest BCUT2D eigenvalue weighted by Crippen LogP contribution is -2.18. The molecule has 0 unspecified atom stereocenters. The normalized spacial score (nSPS) is 12.0. The van der Waals surface area contributed by atoms with Gasteiger partial charge in [0.1, 0.15) is 68.8 Å². The zero-order chi connectivity index (χ0) is 93.0. The summed E-state index contributed by atoms with van der Waals surface area (Å²) in [7, 11) is 0. The van der Waals surface area contributed by atoms with Crippen LogP contribution in [-0.2, 0) is 96.2 Å². The van der Waals surface area contributed by atoms with Crippen molar-refractivity contribution >= 4 is 57.7 Å². The number of aromatic nitrogens is 8. The molecule has 4 aliphatic carbocycles. The maximum atomic E-state index is 13.1. The van der Waals surface area contributed by atoms with Crippen molar-refractivity contribution < 1.29 is 60.0 Å². The van der Waals surface area contributed by atoms with Crippen LogP contribution in [0.2, 0.25) is 0 Å². The van der Waals surface area contributed by atoms with Gasteiger partial charge in [0.2, 0.25) is 23.6 Å². The van der Waals surface area contributed by atoms with Crippen LogP contribution in [0.15, 0.2) is 303 Å². The number of carbonyl (C=O) groups is 4. The van der Waals surface area contributed by atoms with E-state index in [1.54, 1.807) is 146 Å². The Bertz CT molecular complexity index is 7320. The Kier molecular flexibility index (Phi) is 26.2. The van der Waals surface area contributed by atoms with Crippen molar-refractivity contribution in [2.24, 2.45) is 0 Å². The van der Waals surface area contributed by atoms with Gasteiger partial charge in [-0.15, -0.1) is 0 Å². The molecule has 0 aliphatic heterocycles. The van der Waals surface area contributed by atoms with Gasteiger partial charge in [-0.05, 0) is 296 Å². The molecule has 0 spiro atoms. The zero-order valence-electron chi connectivity index (χ0n) is 73.3. The van der Waals surface area contributed by atoms with Crippen molar-refractivity contribution in [2.75, 3.05) is 21.3 Å². The predicted molar refractivity (Wildman–Crippen MR) is 521 cm³/mol. The molecule has 135 heavy (non-hydrogen) atoms. The summed E-state index contributed by atoms with van der Waals surface area (Å²) >= 11 is 0. The lowest BCUT2D eigenvalue weighted by atomic mass is 9.91. The van der Waals surface area contributed by atoms with Gasteiger partial charge in [-0.2, -0.15) is 0 Å². The molecule has 4 amide bonds. The quantitative estimate of drug-likeness (QED) is 0.0358. The van der Waals surface area contributed by atoms with Gasteiger partial charge in [-0.3, -0.25) is 19.2 Å². The van der Waals surface area contributed by atoms with Crippen LogP contribution in [0.5, 0.6) is 46.0 Å². The van der Waals surface area contributed by atoms with Gasteiger partial charge in [-0.25, -0.2) is 39.9 Å². The Morgan fingerprint density at radius 3 is 0.852 bits per heavy atom. The number of hydrogen-bond acceptors (Lipinski definition) is 20. The fourth-order valence-electron chi connectivity index (χ4n) is 17.2. The summed E-state index contributed by atoms with van der Waals surface area (Å²) in [6, 6.07) is 91.4. The smallest absolute Gasteiger partial charge is 0.230 e. The summed E-state index contributed by atoms with van der Waals surface area (Å²) in [5.41, 5.74) is 23.3. The van der Waals surface area contributed by atoms with E-state index in [2.05, 4.69) is 33.4 Å². The van der Waals surface area contributed by atoms with Crippen LogP contribution in [0.1, 0.15) is 86.5 Å².